The summed E-state index contributed by atoms with van der Waals surface area (Å²) in [4.78, 5) is 11.0. The van der Waals surface area contributed by atoms with Gasteiger partial charge < -0.3 is 9.05 Å². The van der Waals surface area contributed by atoms with Crippen molar-refractivity contribution in [3.05, 3.63) is 0 Å². The van der Waals surface area contributed by atoms with E-state index in [0.717, 1.165) is 0 Å². The SMILES string of the molecule is CCOP(=O)(OCC)C(Br)C(C)=O. The molecule has 0 heterocycles. The number of carbonyl (C=O) groups is 1. The molecule has 0 rings (SSSR count). The van der Waals surface area contributed by atoms with Crippen LogP contribution in [0.3, 0.4) is 0 Å². The Kier molecular flexibility index (Phi) is 6.05. The van der Waals surface area contributed by atoms with Crippen LogP contribution in [0.15, 0.2) is 0 Å². The van der Waals surface area contributed by atoms with Crippen LogP contribution in [0, 0.1) is 0 Å². The van der Waals surface area contributed by atoms with Crippen molar-refractivity contribution in [2.45, 2.75) is 25.3 Å². The van der Waals surface area contributed by atoms with E-state index < -0.39 is 12.2 Å². The normalized spacial score (nSPS) is 14.2. The van der Waals surface area contributed by atoms with Gasteiger partial charge in [-0.2, -0.15) is 0 Å². The lowest BCUT2D eigenvalue weighted by atomic mass is 10.5. The number of alkyl halides is 1. The summed E-state index contributed by atoms with van der Waals surface area (Å²) in [5, 5.41) is 0. The minimum atomic E-state index is -3.30. The molecule has 0 aromatic heterocycles. The topological polar surface area (TPSA) is 52.6 Å². The summed E-state index contributed by atoms with van der Waals surface area (Å²) < 4.78 is 20.9. The first-order valence-electron chi connectivity index (χ1n) is 4.01. The number of hydrogen-bond acceptors (Lipinski definition) is 4. The first-order chi connectivity index (χ1) is 5.98. The Bertz CT molecular complexity index is 209. The van der Waals surface area contributed by atoms with Crippen molar-refractivity contribution in [1.82, 2.24) is 0 Å². The summed E-state index contributed by atoms with van der Waals surface area (Å²) >= 11 is 3.00. The predicted octanol–water partition coefficient (Wildman–Crippen LogP) is 2.56. The second-order valence-electron chi connectivity index (χ2n) is 2.32. The van der Waals surface area contributed by atoms with Crippen LogP contribution in [0.1, 0.15) is 20.8 Å². The van der Waals surface area contributed by atoms with Crippen LogP contribution in [0.4, 0.5) is 0 Å². The van der Waals surface area contributed by atoms with Crippen LogP contribution in [-0.2, 0) is 18.4 Å². The number of halogens is 1. The Balaban J connectivity index is 4.57. The molecule has 1 atom stereocenters. The maximum absolute atomic E-state index is 11.8. The third-order valence-electron chi connectivity index (χ3n) is 1.23. The molecule has 1 unspecified atom stereocenters. The number of Topliss-reactive ketones (excluding diaryl/α,β-unsaturated/α-hetero) is 1. The Hall–Kier alpha value is 0.300. The molecule has 0 aliphatic heterocycles. The van der Waals surface area contributed by atoms with Crippen molar-refractivity contribution in [3.63, 3.8) is 0 Å². The molecule has 4 nitrogen and oxygen atoms in total. The maximum atomic E-state index is 11.8. The Labute approximate surface area is 86.6 Å². The predicted molar refractivity (Wildman–Crippen MR) is 54.3 cm³/mol. The molecule has 0 saturated carbocycles. The smallest absolute Gasteiger partial charge is 0.308 e. The first kappa shape index (κ1) is 13.3. The Morgan fingerprint density at radius 1 is 1.38 bits per heavy atom. The molecule has 0 aromatic rings. The second-order valence-corrected chi connectivity index (χ2v) is 6.06. The van der Waals surface area contributed by atoms with Gasteiger partial charge in [-0.05, 0) is 20.8 Å². The summed E-state index contributed by atoms with van der Waals surface area (Å²) in [5.74, 6) is -0.259. The van der Waals surface area contributed by atoms with Crippen LogP contribution in [0.5, 0.6) is 0 Å². The molecule has 0 N–H and O–H groups in total. The third kappa shape index (κ3) is 3.90. The summed E-state index contributed by atoms with van der Waals surface area (Å²) in [6.07, 6.45) is 0. The van der Waals surface area contributed by atoms with Gasteiger partial charge in [0, 0.05) is 0 Å². The molecule has 0 fully saturated rings. The van der Waals surface area contributed by atoms with E-state index in [2.05, 4.69) is 15.9 Å². The van der Waals surface area contributed by atoms with Gasteiger partial charge in [-0.25, -0.2) is 0 Å². The van der Waals surface area contributed by atoms with Crippen LogP contribution in [-0.4, -0.2) is 23.6 Å². The molecule has 0 aliphatic rings. The van der Waals surface area contributed by atoms with Crippen molar-refractivity contribution in [2.24, 2.45) is 0 Å². The molecule has 0 aromatic carbocycles. The minimum absolute atomic E-state index is 0.257. The van der Waals surface area contributed by atoms with Crippen molar-refractivity contribution < 1.29 is 18.4 Å². The van der Waals surface area contributed by atoms with Crippen molar-refractivity contribution in [1.29, 1.82) is 0 Å². The molecule has 0 aliphatic carbocycles. The molecule has 78 valence electrons. The van der Waals surface area contributed by atoms with Crippen LogP contribution in [0.25, 0.3) is 0 Å². The van der Waals surface area contributed by atoms with Gasteiger partial charge in [0.25, 0.3) is 0 Å². The highest BCUT2D eigenvalue weighted by molar-refractivity contribution is 9.11. The maximum Gasteiger partial charge on any atom is 0.351 e. The number of ketones is 1. The zero-order valence-corrected chi connectivity index (χ0v) is 10.4. The van der Waals surface area contributed by atoms with Gasteiger partial charge in [0.15, 0.2) is 10.4 Å². The quantitative estimate of drug-likeness (QED) is 0.551. The van der Waals surface area contributed by atoms with Gasteiger partial charge in [0.2, 0.25) is 0 Å². The summed E-state index contributed by atoms with van der Waals surface area (Å²) in [7, 11) is -3.30. The highest BCUT2D eigenvalue weighted by Crippen LogP contribution is 2.55. The van der Waals surface area contributed by atoms with E-state index in [1.807, 2.05) is 0 Å². The molecule has 0 bridgehead atoms. The van der Waals surface area contributed by atoms with E-state index in [0.29, 0.717) is 0 Å². The molecule has 6 heteroatoms. The Morgan fingerprint density at radius 2 is 1.77 bits per heavy atom. The molecule has 13 heavy (non-hydrogen) atoms. The van der Waals surface area contributed by atoms with E-state index in [-0.39, 0.29) is 19.0 Å². The average Bonchev–Trinajstić information content (AvgIpc) is 2.03. The lowest BCUT2D eigenvalue weighted by molar-refractivity contribution is -0.115. The van der Waals surface area contributed by atoms with Gasteiger partial charge >= 0.3 is 7.60 Å². The van der Waals surface area contributed by atoms with E-state index in [4.69, 9.17) is 9.05 Å². The standard InChI is InChI=1S/C7H14BrO4P/c1-4-11-13(10,12-5-2)7(8)6(3)9/h7H,4-5H2,1-3H3. The number of hydrogen-bond donors (Lipinski definition) is 0. The molecular weight excluding hydrogens is 259 g/mol. The molecular formula is C7H14BrO4P. The Morgan fingerprint density at radius 3 is 2.00 bits per heavy atom. The zero-order valence-electron chi connectivity index (χ0n) is 7.95. The molecule has 0 radical (unpaired) electrons. The average molecular weight is 273 g/mol. The number of carbonyl (C=O) groups excluding carboxylic acids is 1. The second kappa shape index (κ2) is 5.91. The fourth-order valence-corrected chi connectivity index (χ4v) is 2.96. The van der Waals surface area contributed by atoms with Crippen molar-refractivity contribution >= 4 is 29.3 Å². The van der Waals surface area contributed by atoms with Crippen molar-refractivity contribution in [3.8, 4) is 0 Å². The molecule has 0 saturated heterocycles. The third-order valence-corrected chi connectivity index (χ3v) is 5.54. The highest BCUT2D eigenvalue weighted by Gasteiger charge is 2.36. The molecule has 0 spiro atoms. The summed E-state index contributed by atoms with van der Waals surface area (Å²) in [6, 6.07) is 0. The minimum Gasteiger partial charge on any atom is -0.308 e. The fraction of sp³-hybridized carbons (Fsp3) is 0.857. The monoisotopic (exact) mass is 272 g/mol. The summed E-state index contributed by atoms with van der Waals surface area (Å²) in [5.41, 5.74) is 0. The zero-order chi connectivity index (χ0) is 10.5. The van der Waals surface area contributed by atoms with Gasteiger partial charge in [0.1, 0.15) is 0 Å². The van der Waals surface area contributed by atoms with Gasteiger partial charge in [-0.3, -0.25) is 9.36 Å². The van der Waals surface area contributed by atoms with E-state index in [9.17, 15) is 9.36 Å². The number of rotatable bonds is 6. The largest absolute Gasteiger partial charge is 0.351 e. The lowest BCUT2D eigenvalue weighted by Gasteiger charge is -2.19. The van der Waals surface area contributed by atoms with E-state index in [1.54, 1.807) is 13.8 Å². The van der Waals surface area contributed by atoms with Gasteiger partial charge in [-0.15, -0.1) is 0 Å². The van der Waals surface area contributed by atoms with Crippen molar-refractivity contribution in [2.75, 3.05) is 13.2 Å². The van der Waals surface area contributed by atoms with Gasteiger partial charge in [-0.1, -0.05) is 15.9 Å². The van der Waals surface area contributed by atoms with E-state index in [1.165, 1.54) is 6.92 Å². The van der Waals surface area contributed by atoms with E-state index >= 15 is 0 Å². The lowest BCUT2D eigenvalue weighted by Crippen LogP contribution is -2.14. The fourth-order valence-electron chi connectivity index (χ4n) is 0.751. The van der Waals surface area contributed by atoms with Crippen LogP contribution in [0.2, 0.25) is 0 Å². The van der Waals surface area contributed by atoms with Crippen LogP contribution >= 0.6 is 23.5 Å². The van der Waals surface area contributed by atoms with Crippen LogP contribution < -0.4 is 0 Å². The highest BCUT2D eigenvalue weighted by atomic mass is 79.9. The molecule has 0 amide bonds. The van der Waals surface area contributed by atoms with Gasteiger partial charge in [0.05, 0.1) is 13.2 Å². The summed E-state index contributed by atoms with van der Waals surface area (Å²) in [6.45, 7) is 5.25. The first-order valence-corrected chi connectivity index (χ1v) is 6.54.